The van der Waals surface area contributed by atoms with Crippen molar-refractivity contribution in [2.24, 2.45) is 5.92 Å². The second-order valence-electron chi connectivity index (χ2n) is 4.87. The number of hydrogen-bond acceptors (Lipinski definition) is 3. The average molecular weight is 269 g/mol. The normalized spacial score (nSPS) is 12.2. The third kappa shape index (κ3) is 4.97. The van der Waals surface area contributed by atoms with E-state index in [9.17, 15) is 4.39 Å². The molecule has 0 aliphatic rings. The monoisotopic (exact) mass is 269 g/mol. The van der Waals surface area contributed by atoms with E-state index in [4.69, 9.17) is 15.2 Å². The van der Waals surface area contributed by atoms with E-state index in [2.05, 4.69) is 13.8 Å². The second kappa shape index (κ2) is 7.87. The molecule has 1 aromatic carbocycles. The lowest BCUT2D eigenvalue weighted by Gasteiger charge is -2.15. The van der Waals surface area contributed by atoms with Gasteiger partial charge in [0, 0.05) is 12.1 Å². The molecule has 0 aliphatic carbocycles. The van der Waals surface area contributed by atoms with Crippen molar-refractivity contribution < 1.29 is 13.9 Å². The maximum absolute atomic E-state index is 13.6. The molecule has 1 rings (SSSR count). The molecular formula is C15H24FNO2. The highest BCUT2D eigenvalue weighted by Gasteiger charge is 2.11. The number of hydrogen-bond donors (Lipinski definition) is 1. The van der Waals surface area contributed by atoms with Crippen molar-refractivity contribution >= 4 is 5.69 Å². The lowest BCUT2D eigenvalue weighted by Crippen LogP contribution is -2.10. The first-order valence-electron chi connectivity index (χ1n) is 6.93. The number of anilines is 1. The molecule has 0 saturated heterocycles. The molecule has 0 amide bonds. The van der Waals surface area contributed by atoms with Crippen LogP contribution in [0.5, 0.6) is 11.5 Å². The Balaban J connectivity index is 2.71. The fourth-order valence-corrected chi connectivity index (χ4v) is 1.81. The SMILES string of the molecule is CCCOc1cc(OCC(C)CCC)c(N)cc1F. The zero-order valence-corrected chi connectivity index (χ0v) is 12.0. The van der Waals surface area contributed by atoms with Crippen LogP contribution in [-0.4, -0.2) is 13.2 Å². The Morgan fingerprint density at radius 3 is 2.53 bits per heavy atom. The number of nitrogens with two attached hydrogens (primary N) is 1. The number of nitrogen functional groups attached to an aromatic ring is 1. The van der Waals surface area contributed by atoms with Gasteiger partial charge in [0.25, 0.3) is 0 Å². The molecule has 108 valence electrons. The molecule has 4 heteroatoms. The predicted molar refractivity (Wildman–Crippen MR) is 76.2 cm³/mol. The molecule has 0 spiro atoms. The lowest BCUT2D eigenvalue weighted by atomic mass is 10.1. The summed E-state index contributed by atoms with van der Waals surface area (Å²) in [7, 11) is 0. The molecule has 0 fully saturated rings. The van der Waals surface area contributed by atoms with Crippen LogP contribution in [0.25, 0.3) is 0 Å². The van der Waals surface area contributed by atoms with Crippen LogP contribution in [0.4, 0.5) is 10.1 Å². The zero-order valence-electron chi connectivity index (χ0n) is 12.0. The minimum absolute atomic E-state index is 0.203. The molecule has 1 unspecified atom stereocenters. The molecule has 0 radical (unpaired) electrons. The predicted octanol–water partition coefficient (Wildman–Crippen LogP) is 4.01. The third-order valence-electron chi connectivity index (χ3n) is 2.83. The Labute approximate surface area is 114 Å². The Morgan fingerprint density at radius 1 is 1.16 bits per heavy atom. The van der Waals surface area contributed by atoms with Gasteiger partial charge in [-0.25, -0.2) is 4.39 Å². The molecule has 3 nitrogen and oxygen atoms in total. The number of halogens is 1. The van der Waals surface area contributed by atoms with Gasteiger partial charge in [-0.05, 0) is 18.8 Å². The highest BCUT2D eigenvalue weighted by Crippen LogP contribution is 2.30. The summed E-state index contributed by atoms with van der Waals surface area (Å²) in [5, 5.41) is 0. The van der Waals surface area contributed by atoms with Crippen LogP contribution >= 0.6 is 0 Å². The highest BCUT2D eigenvalue weighted by molar-refractivity contribution is 5.56. The van der Waals surface area contributed by atoms with Crippen LogP contribution in [0.2, 0.25) is 0 Å². The summed E-state index contributed by atoms with van der Waals surface area (Å²) in [5.41, 5.74) is 6.07. The Morgan fingerprint density at radius 2 is 1.89 bits per heavy atom. The van der Waals surface area contributed by atoms with Gasteiger partial charge >= 0.3 is 0 Å². The minimum atomic E-state index is -0.445. The smallest absolute Gasteiger partial charge is 0.167 e. The summed E-state index contributed by atoms with van der Waals surface area (Å²) in [5.74, 6) is 0.707. The average Bonchev–Trinajstić information content (AvgIpc) is 2.37. The topological polar surface area (TPSA) is 44.5 Å². The van der Waals surface area contributed by atoms with E-state index >= 15 is 0 Å². The van der Waals surface area contributed by atoms with E-state index in [0.29, 0.717) is 30.6 Å². The zero-order chi connectivity index (χ0) is 14.3. The molecule has 0 heterocycles. The van der Waals surface area contributed by atoms with Crippen LogP contribution < -0.4 is 15.2 Å². The maximum Gasteiger partial charge on any atom is 0.167 e. The van der Waals surface area contributed by atoms with Gasteiger partial charge in [-0.15, -0.1) is 0 Å². The summed E-state index contributed by atoms with van der Waals surface area (Å²) in [6.45, 7) is 7.29. The molecule has 1 atom stereocenters. The number of ether oxygens (including phenoxy) is 2. The maximum atomic E-state index is 13.6. The van der Waals surface area contributed by atoms with Crippen LogP contribution in [0.3, 0.4) is 0 Å². The first kappa shape index (κ1) is 15.6. The molecule has 19 heavy (non-hydrogen) atoms. The summed E-state index contributed by atoms with van der Waals surface area (Å²) in [6, 6.07) is 2.80. The van der Waals surface area contributed by atoms with Gasteiger partial charge in [0.15, 0.2) is 11.6 Å². The van der Waals surface area contributed by atoms with Crippen molar-refractivity contribution in [3.05, 3.63) is 17.9 Å². The first-order valence-corrected chi connectivity index (χ1v) is 6.93. The molecule has 2 N–H and O–H groups in total. The van der Waals surface area contributed by atoms with Gasteiger partial charge < -0.3 is 15.2 Å². The van der Waals surface area contributed by atoms with Crippen molar-refractivity contribution in [1.82, 2.24) is 0 Å². The first-order chi connectivity index (χ1) is 9.08. The number of benzene rings is 1. The molecule has 0 saturated carbocycles. The summed E-state index contributed by atoms with van der Waals surface area (Å²) < 4.78 is 24.6. The van der Waals surface area contributed by atoms with Crippen molar-refractivity contribution in [2.45, 2.75) is 40.0 Å². The number of rotatable bonds is 8. The van der Waals surface area contributed by atoms with E-state index in [0.717, 1.165) is 19.3 Å². The van der Waals surface area contributed by atoms with Crippen molar-refractivity contribution in [3.63, 3.8) is 0 Å². The van der Waals surface area contributed by atoms with Gasteiger partial charge in [-0.1, -0.05) is 27.2 Å². The second-order valence-corrected chi connectivity index (χ2v) is 4.87. The quantitative estimate of drug-likeness (QED) is 0.725. The summed E-state index contributed by atoms with van der Waals surface area (Å²) in [6.07, 6.45) is 3.04. The fourth-order valence-electron chi connectivity index (χ4n) is 1.81. The van der Waals surface area contributed by atoms with Crippen LogP contribution in [0.1, 0.15) is 40.0 Å². The van der Waals surface area contributed by atoms with Crippen LogP contribution in [-0.2, 0) is 0 Å². The standard InChI is InChI=1S/C15H24FNO2/c1-4-6-11(3)10-19-15-9-14(18-7-5-2)12(16)8-13(15)17/h8-9,11H,4-7,10,17H2,1-3H3. The summed E-state index contributed by atoms with van der Waals surface area (Å²) in [4.78, 5) is 0. The van der Waals surface area contributed by atoms with Crippen molar-refractivity contribution in [2.75, 3.05) is 18.9 Å². The third-order valence-corrected chi connectivity index (χ3v) is 2.83. The fraction of sp³-hybridized carbons (Fsp3) is 0.600. The Kier molecular flexibility index (Phi) is 6.46. The largest absolute Gasteiger partial charge is 0.491 e. The van der Waals surface area contributed by atoms with Gasteiger partial charge in [0.2, 0.25) is 0 Å². The highest BCUT2D eigenvalue weighted by atomic mass is 19.1. The van der Waals surface area contributed by atoms with E-state index in [1.54, 1.807) is 6.07 Å². The molecule has 0 bridgehead atoms. The summed E-state index contributed by atoms with van der Waals surface area (Å²) >= 11 is 0. The molecule has 0 aliphatic heterocycles. The van der Waals surface area contributed by atoms with E-state index in [-0.39, 0.29) is 5.75 Å². The van der Waals surface area contributed by atoms with E-state index < -0.39 is 5.82 Å². The lowest BCUT2D eigenvalue weighted by molar-refractivity contribution is 0.249. The van der Waals surface area contributed by atoms with Gasteiger partial charge in [0.1, 0.15) is 5.75 Å². The molecular weight excluding hydrogens is 245 g/mol. The van der Waals surface area contributed by atoms with Gasteiger partial charge in [-0.3, -0.25) is 0 Å². The van der Waals surface area contributed by atoms with Crippen molar-refractivity contribution in [1.29, 1.82) is 0 Å². The Hall–Kier alpha value is -1.45. The Bertz CT molecular complexity index is 396. The minimum Gasteiger partial charge on any atom is -0.491 e. The van der Waals surface area contributed by atoms with Gasteiger partial charge in [0.05, 0.1) is 18.9 Å². The van der Waals surface area contributed by atoms with Crippen LogP contribution in [0, 0.1) is 11.7 Å². The van der Waals surface area contributed by atoms with Gasteiger partial charge in [-0.2, -0.15) is 0 Å². The molecule has 0 aromatic heterocycles. The van der Waals surface area contributed by atoms with Crippen molar-refractivity contribution in [3.8, 4) is 11.5 Å². The van der Waals surface area contributed by atoms with Crippen LogP contribution in [0.15, 0.2) is 12.1 Å². The molecule has 1 aromatic rings. The van der Waals surface area contributed by atoms with E-state index in [1.165, 1.54) is 6.07 Å². The van der Waals surface area contributed by atoms with E-state index in [1.807, 2.05) is 6.92 Å².